The van der Waals surface area contributed by atoms with Crippen molar-refractivity contribution in [3.8, 4) is 22.5 Å². The number of benzene rings is 2. The first-order valence-corrected chi connectivity index (χ1v) is 8.39. The molecule has 2 aromatic carbocycles. The third-order valence-electron chi connectivity index (χ3n) is 4.30. The molecular weight excluding hydrogens is 330 g/mol. The van der Waals surface area contributed by atoms with Crippen LogP contribution in [0.5, 0.6) is 0 Å². The van der Waals surface area contributed by atoms with E-state index in [1.165, 1.54) is 11.1 Å². The second-order valence-electron chi connectivity index (χ2n) is 5.87. The van der Waals surface area contributed by atoms with Gasteiger partial charge < -0.3 is 0 Å². The maximum Gasteiger partial charge on any atom is 0.182 e. The maximum absolute atomic E-state index is 6.34. The van der Waals surface area contributed by atoms with Crippen LogP contribution < -0.4 is 0 Å². The molecule has 0 atom stereocenters. The van der Waals surface area contributed by atoms with Crippen molar-refractivity contribution in [2.24, 2.45) is 0 Å². The third-order valence-corrected chi connectivity index (χ3v) is 4.58. The van der Waals surface area contributed by atoms with Gasteiger partial charge >= 0.3 is 0 Å². The number of pyridine rings is 1. The Hall–Kier alpha value is -2.91. The van der Waals surface area contributed by atoms with Crippen LogP contribution in [0.15, 0.2) is 67.4 Å². The van der Waals surface area contributed by atoms with E-state index in [2.05, 4.69) is 41.8 Å². The predicted octanol–water partition coefficient (Wildman–Crippen LogP) is 5.67. The summed E-state index contributed by atoms with van der Waals surface area (Å²) in [6.07, 6.45) is 3.62. The standard InChI is InChI=1S/C21H16ClN3/c1-3-15-12-19(22)21-23-20(24-25(21)13-15)18-11-7-10-17(14(18)2)16-8-5-4-6-9-16/h3-13H,1H2,2H3. The molecule has 0 saturated carbocycles. The van der Waals surface area contributed by atoms with Crippen molar-refractivity contribution in [3.63, 3.8) is 0 Å². The average molecular weight is 346 g/mol. The van der Waals surface area contributed by atoms with Gasteiger partial charge in [0.05, 0.1) is 5.02 Å². The molecular formula is C21H16ClN3. The summed E-state index contributed by atoms with van der Waals surface area (Å²) in [5.74, 6) is 0.665. The molecule has 0 radical (unpaired) electrons. The smallest absolute Gasteiger partial charge is 0.182 e. The number of nitrogens with zero attached hydrogens (tertiary/aromatic N) is 3. The second-order valence-corrected chi connectivity index (χ2v) is 6.28. The van der Waals surface area contributed by atoms with Crippen LogP contribution in [-0.2, 0) is 0 Å². The zero-order valence-electron chi connectivity index (χ0n) is 13.8. The van der Waals surface area contributed by atoms with Gasteiger partial charge in [-0.05, 0) is 35.2 Å². The number of aromatic nitrogens is 3. The number of halogens is 1. The molecule has 3 nitrogen and oxygen atoms in total. The molecule has 0 saturated heterocycles. The SMILES string of the molecule is C=Cc1cc(Cl)c2nc(-c3cccc(-c4ccccc4)c3C)nn2c1. The molecule has 0 fully saturated rings. The van der Waals surface area contributed by atoms with E-state index in [0.29, 0.717) is 16.5 Å². The van der Waals surface area contributed by atoms with Crippen LogP contribution in [0.3, 0.4) is 0 Å². The first-order valence-electron chi connectivity index (χ1n) is 8.01. The van der Waals surface area contributed by atoms with E-state index >= 15 is 0 Å². The molecule has 0 amide bonds. The average Bonchev–Trinajstić information content (AvgIpc) is 3.07. The summed E-state index contributed by atoms with van der Waals surface area (Å²) in [5, 5.41) is 5.18. The van der Waals surface area contributed by atoms with Crippen LogP contribution in [0.2, 0.25) is 5.02 Å². The Labute approximate surface area is 151 Å². The van der Waals surface area contributed by atoms with E-state index in [0.717, 1.165) is 16.7 Å². The molecule has 4 heteroatoms. The summed E-state index contributed by atoms with van der Waals surface area (Å²) in [5.41, 5.74) is 6.05. The summed E-state index contributed by atoms with van der Waals surface area (Å²) in [6.45, 7) is 5.88. The molecule has 0 spiro atoms. The summed E-state index contributed by atoms with van der Waals surface area (Å²) in [7, 11) is 0. The molecule has 0 aliphatic heterocycles. The molecule has 0 aliphatic rings. The lowest BCUT2D eigenvalue weighted by molar-refractivity contribution is 0.963. The minimum atomic E-state index is 0.563. The quantitative estimate of drug-likeness (QED) is 0.479. The first-order chi connectivity index (χ1) is 12.2. The van der Waals surface area contributed by atoms with Crippen LogP contribution >= 0.6 is 11.6 Å². The van der Waals surface area contributed by atoms with Crippen molar-refractivity contribution < 1.29 is 0 Å². The van der Waals surface area contributed by atoms with Crippen molar-refractivity contribution in [1.82, 2.24) is 14.6 Å². The van der Waals surface area contributed by atoms with E-state index in [-0.39, 0.29) is 0 Å². The summed E-state index contributed by atoms with van der Waals surface area (Å²) in [4.78, 5) is 4.64. The Bertz CT molecular complexity index is 1080. The van der Waals surface area contributed by atoms with Gasteiger partial charge in [0, 0.05) is 11.8 Å². The van der Waals surface area contributed by atoms with Gasteiger partial charge in [0.25, 0.3) is 0 Å². The van der Waals surface area contributed by atoms with Gasteiger partial charge in [0.1, 0.15) is 0 Å². The third kappa shape index (κ3) is 2.73. The van der Waals surface area contributed by atoms with Crippen LogP contribution in [0.1, 0.15) is 11.1 Å². The number of hydrogen-bond acceptors (Lipinski definition) is 2. The molecule has 2 aromatic heterocycles. The van der Waals surface area contributed by atoms with Gasteiger partial charge in [-0.25, -0.2) is 9.50 Å². The van der Waals surface area contributed by atoms with Gasteiger partial charge in [0.2, 0.25) is 0 Å². The van der Waals surface area contributed by atoms with Crippen molar-refractivity contribution in [2.45, 2.75) is 6.92 Å². The topological polar surface area (TPSA) is 30.2 Å². The van der Waals surface area contributed by atoms with Gasteiger partial charge in [-0.2, -0.15) is 0 Å². The fraction of sp³-hybridized carbons (Fsp3) is 0.0476. The Morgan fingerprint density at radius 3 is 2.56 bits per heavy atom. The molecule has 25 heavy (non-hydrogen) atoms. The van der Waals surface area contributed by atoms with Crippen LogP contribution in [0.4, 0.5) is 0 Å². The highest BCUT2D eigenvalue weighted by atomic mass is 35.5. The number of fused-ring (bicyclic) bond motifs is 1. The maximum atomic E-state index is 6.34. The molecule has 2 heterocycles. The largest absolute Gasteiger partial charge is 0.218 e. The molecule has 122 valence electrons. The fourth-order valence-electron chi connectivity index (χ4n) is 3.00. The highest BCUT2D eigenvalue weighted by molar-refractivity contribution is 6.33. The molecule has 4 rings (SSSR count). The Morgan fingerprint density at radius 1 is 1.04 bits per heavy atom. The van der Waals surface area contributed by atoms with Gasteiger partial charge in [-0.1, -0.05) is 72.8 Å². The minimum absolute atomic E-state index is 0.563. The highest BCUT2D eigenvalue weighted by Gasteiger charge is 2.14. The van der Waals surface area contributed by atoms with E-state index in [9.17, 15) is 0 Å². The Morgan fingerprint density at radius 2 is 1.80 bits per heavy atom. The predicted molar refractivity (Wildman–Crippen MR) is 104 cm³/mol. The fourth-order valence-corrected chi connectivity index (χ4v) is 3.25. The summed E-state index contributed by atoms with van der Waals surface area (Å²) < 4.78 is 1.71. The van der Waals surface area contributed by atoms with Crippen molar-refractivity contribution in [1.29, 1.82) is 0 Å². The van der Waals surface area contributed by atoms with Crippen LogP contribution in [-0.4, -0.2) is 14.6 Å². The summed E-state index contributed by atoms with van der Waals surface area (Å²) in [6, 6.07) is 18.4. The second kappa shape index (κ2) is 6.19. The molecule has 0 N–H and O–H groups in total. The van der Waals surface area contributed by atoms with Crippen molar-refractivity contribution >= 4 is 23.3 Å². The van der Waals surface area contributed by atoms with E-state index in [1.54, 1.807) is 10.6 Å². The molecule has 0 aliphatic carbocycles. The zero-order valence-corrected chi connectivity index (χ0v) is 14.5. The van der Waals surface area contributed by atoms with E-state index in [4.69, 9.17) is 11.6 Å². The number of hydrogen-bond donors (Lipinski definition) is 0. The van der Waals surface area contributed by atoms with Gasteiger partial charge in [0.15, 0.2) is 11.5 Å². The highest BCUT2D eigenvalue weighted by Crippen LogP contribution is 2.31. The van der Waals surface area contributed by atoms with Crippen LogP contribution in [0, 0.1) is 6.92 Å². The van der Waals surface area contributed by atoms with Crippen molar-refractivity contribution in [3.05, 3.63) is 83.5 Å². The van der Waals surface area contributed by atoms with Crippen molar-refractivity contribution in [2.75, 3.05) is 0 Å². The molecule has 4 aromatic rings. The van der Waals surface area contributed by atoms with E-state index in [1.807, 2.05) is 42.6 Å². The summed E-state index contributed by atoms with van der Waals surface area (Å²) >= 11 is 6.34. The minimum Gasteiger partial charge on any atom is -0.218 e. The zero-order chi connectivity index (χ0) is 17.4. The monoisotopic (exact) mass is 345 g/mol. The lowest BCUT2D eigenvalue weighted by Gasteiger charge is -2.09. The Balaban J connectivity index is 1.89. The molecule has 0 bridgehead atoms. The Kier molecular flexibility index (Phi) is 3.86. The van der Waals surface area contributed by atoms with Gasteiger partial charge in [-0.15, -0.1) is 5.10 Å². The lowest BCUT2D eigenvalue weighted by Crippen LogP contribution is -1.91. The van der Waals surface area contributed by atoms with Crippen LogP contribution in [0.25, 0.3) is 34.2 Å². The van der Waals surface area contributed by atoms with Gasteiger partial charge in [-0.3, -0.25) is 0 Å². The lowest BCUT2D eigenvalue weighted by atomic mass is 9.96. The normalized spacial score (nSPS) is 11.0. The molecule has 0 unspecified atom stereocenters. The van der Waals surface area contributed by atoms with E-state index < -0.39 is 0 Å². The number of rotatable bonds is 3. The first kappa shape index (κ1) is 15.6.